The maximum absolute atomic E-state index is 12.4. The van der Waals surface area contributed by atoms with Crippen LogP contribution in [-0.4, -0.2) is 12.4 Å². The Balaban J connectivity index is 1.70. The number of carbonyl (C=O) groups is 1. The normalized spacial score (nSPS) is 12.9. The second kappa shape index (κ2) is 5.72. The molecule has 1 heterocycles. The summed E-state index contributed by atoms with van der Waals surface area (Å²) in [6, 6.07) is 12.2. The molecule has 0 amide bonds. The fraction of sp³-hybridized carbons (Fsp3) is 0.316. The summed E-state index contributed by atoms with van der Waals surface area (Å²) in [5, 5.41) is 0. The molecule has 0 spiro atoms. The van der Waals surface area contributed by atoms with E-state index in [2.05, 4.69) is 12.1 Å². The number of aryl methyl sites for hydroxylation is 2. The molecular formula is C19H20O2. The van der Waals surface area contributed by atoms with E-state index in [0.717, 1.165) is 36.3 Å². The van der Waals surface area contributed by atoms with E-state index in [0.29, 0.717) is 6.42 Å². The highest BCUT2D eigenvalue weighted by Gasteiger charge is 2.14. The largest absolute Gasteiger partial charge is 0.493 e. The van der Waals surface area contributed by atoms with Crippen LogP contribution in [0.15, 0.2) is 36.4 Å². The van der Waals surface area contributed by atoms with Gasteiger partial charge in [0.05, 0.1) is 6.61 Å². The third-order valence-electron chi connectivity index (χ3n) is 4.30. The molecule has 0 aromatic heterocycles. The number of carbonyl (C=O) groups excluding carboxylic acids is 1. The van der Waals surface area contributed by atoms with Gasteiger partial charge in [-0.3, -0.25) is 4.79 Å². The average molecular weight is 280 g/mol. The third-order valence-corrected chi connectivity index (χ3v) is 4.30. The Morgan fingerprint density at radius 1 is 1.19 bits per heavy atom. The molecule has 2 nitrogen and oxygen atoms in total. The number of benzene rings is 2. The van der Waals surface area contributed by atoms with Crippen molar-refractivity contribution in [1.29, 1.82) is 0 Å². The van der Waals surface area contributed by atoms with Crippen LogP contribution in [0.5, 0.6) is 5.75 Å². The highest BCUT2D eigenvalue weighted by Crippen LogP contribution is 2.26. The van der Waals surface area contributed by atoms with Gasteiger partial charge >= 0.3 is 0 Å². The van der Waals surface area contributed by atoms with Crippen molar-refractivity contribution >= 4 is 5.78 Å². The molecule has 2 heteroatoms. The number of fused-ring (bicyclic) bond motifs is 1. The standard InChI is InChI=1S/C19H20O2/c1-13-4-3-5-17(14(13)2)18(20)8-6-15-7-9-19-16(12-15)10-11-21-19/h3-5,7,9,12H,6,8,10-11H2,1-2H3. The summed E-state index contributed by atoms with van der Waals surface area (Å²) in [4.78, 5) is 12.4. The molecule has 0 saturated carbocycles. The van der Waals surface area contributed by atoms with Crippen LogP contribution < -0.4 is 4.74 Å². The first-order valence-electron chi connectivity index (χ1n) is 7.49. The molecule has 0 fully saturated rings. The van der Waals surface area contributed by atoms with E-state index >= 15 is 0 Å². The molecule has 2 aromatic rings. The molecule has 0 atom stereocenters. The SMILES string of the molecule is Cc1cccc(C(=O)CCc2ccc3c(c2)CCO3)c1C. The summed E-state index contributed by atoms with van der Waals surface area (Å²) in [5.41, 5.74) is 5.63. The number of ether oxygens (including phenoxy) is 1. The Morgan fingerprint density at radius 3 is 2.90 bits per heavy atom. The van der Waals surface area contributed by atoms with E-state index in [4.69, 9.17) is 4.74 Å². The topological polar surface area (TPSA) is 26.3 Å². The summed E-state index contributed by atoms with van der Waals surface area (Å²) in [6.45, 7) is 4.85. The Labute approximate surface area is 125 Å². The average Bonchev–Trinajstić information content (AvgIpc) is 2.95. The van der Waals surface area contributed by atoms with Crippen molar-refractivity contribution in [3.63, 3.8) is 0 Å². The van der Waals surface area contributed by atoms with E-state index in [9.17, 15) is 4.79 Å². The third kappa shape index (κ3) is 2.85. The summed E-state index contributed by atoms with van der Waals surface area (Å²) in [6.07, 6.45) is 2.33. The lowest BCUT2D eigenvalue weighted by Crippen LogP contribution is -2.04. The minimum absolute atomic E-state index is 0.230. The molecule has 1 aliphatic rings. The Bertz CT molecular complexity index is 686. The van der Waals surface area contributed by atoms with Gasteiger partial charge in [-0.05, 0) is 48.6 Å². The molecule has 1 aliphatic heterocycles. The molecule has 3 rings (SSSR count). The van der Waals surface area contributed by atoms with E-state index in [-0.39, 0.29) is 5.78 Å². The van der Waals surface area contributed by atoms with Crippen molar-refractivity contribution in [2.75, 3.05) is 6.61 Å². The molecule has 0 saturated heterocycles. The second-order valence-corrected chi connectivity index (χ2v) is 5.71. The summed E-state index contributed by atoms with van der Waals surface area (Å²) in [5.74, 6) is 1.23. The Hall–Kier alpha value is -2.09. The molecule has 2 aromatic carbocycles. The molecular weight excluding hydrogens is 260 g/mol. The maximum Gasteiger partial charge on any atom is 0.163 e. The van der Waals surface area contributed by atoms with Crippen LogP contribution in [0.25, 0.3) is 0 Å². The lowest BCUT2D eigenvalue weighted by molar-refractivity contribution is 0.0982. The van der Waals surface area contributed by atoms with Gasteiger partial charge in [-0.25, -0.2) is 0 Å². The number of rotatable bonds is 4. The zero-order valence-corrected chi connectivity index (χ0v) is 12.6. The second-order valence-electron chi connectivity index (χ2n) is 5.71. The van der Waals surface area contributed by atoms with Gasteiger partial charge in [-0.2, -0.15) is 0 Å². The lowest BCUT2D eigenvalue weighted by atomic mass is 9.96. The van der Waals surface area contributed by atoms with Crippen LogP contribution in [0.4, 0.5) is 0 Å². The van der Waals surface area contributed by atoms with E-state index in [1.54, 1.807) is 0 Å². The van der Waals surface area contributed by atoms with Gasteiger partial charge in [0.25, 0.3) is 0 Å². The van der Waals surface area contributed by atoms with Crippen molar-refractivity contribution in [3.05, 3.63) is 64.2 Å². The van der Waals surface area contributed by atoms with Gasteiger partial charge in [0, 0.05) is 18.4 Å². The van der Waals surface area contributed by atoms with Crippen molar-refractivity contribution in [2.24, 2.45) is 0 Å². The van der Waals surface area contributed by atoms with Crippen molar-refractivity contribution in [2.45, 2.75) is 33.1 Å². The first-order valence-corrected chi connectivity index (χ1v) is 7.49. The molecule has 0 bridgehead atoms. The summed E-state index contributed by atoms with van der Waals surface area (Å²) < 4.78 is 5.51. The predicted octanol–water partition coefficient (Wildman–Crippen LogP) is 4.05. The monoisotopic (exact) mass is 280 g/mol. The molecule has 0 aliphatic carbocycles. The molecule has 108 valence electrons. The minimum Gasteiger partial charge on any atom is -0.493 e. The fourth-order valence-corrected chi connectivity index (χ4v) is 2.84. The molecule has 0 unspecified atom stereocenters. The van der Waals surface area contributed by atoms with Crippen molar-refractivity contribution < 1.29 is 9.53 Å². The van der Waals surface area contributed by atoms with Crippen molar-refractivity contribution in [3.8, 4) is 5.75 Å². The van der Waals surface area contributed by atoms with Crippen LogP contribution in [0, 0.1) is 13.8 Å². The van der Waals surface area contributed by atoms with Crippen LogP contribution >= 0.6 is 0 Å². The first-order chi connectivity index (χ1) is 10.1. The van der Waals surface area contributed by atoms with Crippen LogP contribution in [-0.2, 0) is 12.8 Å². The van der Waals surface area contributed by atoms with Gasteiger partial charge in [0.1, 0.15) is 5.75 Å². The number of hydrogen-bond donors (Lipinski definition) is 0. The maximum atomic E-state index is 12.4. The first kappa shape index (κ1) is 13.9. The minimum atomic E-state index is 0.230. The number of Topliss-reactive ketones (excluding diaryl/α,β-unsaturated/α-hetero) is 1. The van der Waals surface area contributed by atoms with Crippen LogP contribution in [0.2, 0.25) is 0 Å². The summed E-state index contributed by atoms with van der Waals surface area (Å²) in [7, 11) is 0. The highest BCUT2D eigenvalue weighted by atomic mass is 16.5. The predicted molar refractivity (Wildman–Crippen MR) is 84.2 cm³/mol. The quantitative estimate of drug-likeness (QED) is 0.790. The Morgan fingerprint density at radius 2 is 2.05 bits per heavy atom. The Kier molecular flexibility index (Phi) is 3.78. The van der Waals surface area contributed by atoms with E-state index < -0.39 is 0 Å². The van der Waals surface area contributed by atoms with Gasteiger partial charge < -0.3 is 4.74 Å². The fourth-order valence-electron chi connectivity index (χ4n) is 2.84. The lowest BCUT2D eigenvalue weighted by Gasteiger charge is -2.08. The zero-order valence-electron chi connectivity index (χ0n) is 12.6. The smallest absolute Gasteiger partial charge is 0.163 e. The van der Waals surface area contributed by atoms with Crippen LogP contribution in [0.3, 0.4) is 0 Å². The van der Waals surface area contributed by atoms with Crippen molar-refractivity contribution in [1.82, 2.24) is 0 Å². The number of hydrogen-bond acceptors (Lipinski definition) is 2. The molecule has 21 heavy (non-hydrogen) atoms. The van der Waals surface area contributed by atoms with E-state index in [1.165, 1.54) is 16.7 Å². The van der Waals surface area contributed by atoms with Gasteiger partial charge in [0.2, 0.25) is 0 Å². The zero-order chi connectivity index (χ0) is 14.8. The van der Waals surface area contributed by atoms with E-state index in [1.807, 2.05) is 38.1 Å². The van der Waals surface area contributed by atoms with Crippen LogP contribution in [0.1, 0.15) is 39.0 Å². The number of ketones is 1. The highest BCUT2D eigenvalue weighted by molar-refractivity contribution is 5.97. The summed E-state index contributed by atoms with van der Waals surface area (Å²) >= 11 is 0. The van der Waals surface area contributed by atoms with Gasteiger partial charge in [0.15, 0.2) is 5.78 Å². The molecule has 0 radical (unpaired) electrons. The van der Waals surface area contributed by atoms with Gasteiger partial charge in [-0.1, -0.05) is 30.3 Å². The molecule has 0 N–H and O–H groups in total. The van der Waals surface area contributed by atoms with Gasteiger partial charge in [-0.15, -0.1) is 0 Å².